The summed E-state index contributed by atoms with van der Waals surface area (Å²) in [7, 11) is 1.42. The molecule has 0 saturated heterocycles. The van der Waals surface area contributed by atoms with Crippen LogP contribution in [0.1, 0.15) is 28.9 Å². The van der Waals surface area contributed by atoms with Gasteiger partial charge < -0.3 is 9.88 Å². The van der Waals surface area contributed by atoms with Crippen molar-refractivity contribution in [2.24, 2.45) is 7.05 Å². The number of benzene rings is 2. The van der Waals surface area contributed by atoms with Gasteiger partial charge in [-0.15, -0.1) is 0 Å². The maximum absolute atomic E-state index is 14.0. The maximum Gasteiger partial charge on any atom is 0.359 e. The number of nitrogens with one attached hydrogen (secondary N) is 1. The van der Waals surface area contributed by atoms with Gasteiger partial charge in [0.15, 0.2) is 5.82 Å². The van der Waals surface area contributed by atoms with Crippen molar-refractivity contribution < 1.29 is 13.2 Å². The third-order valence-electron chi connectivity index (χ3n) is 6.13. The summed E-state index contributed by atoms with van der Waals surface area (Å²) in [6, 6.07) is 9.88. The number of anilines is 2. The van der Waals surface area contributed by atoms with Crippen molar-refractivity contribution in [1.29, 1.82) is 5.26 Å². The molecule has 0 amide bonds. The summed E-state index contributed by atoms with van der Waals surface area (Å²) < 4.78 is 43.8. The Morgan fingerprint density at radius 2 is 1.90 bits per heavy atom. The number of rotatable bonds is 6. The molecule has 2 aromatic carbocycles. The minimum absolute atomic E-state index is 0.0628. The molecule has 3 aromatic heterocycles. The van der Waals surface area contributed by atoms with Gasteiger partial charge in [0.1, 0.15) is 11.9 Å². The van der Waals surface area contributed by atoms with Gasteiger partial charge in [-0.05, 0) is 48.4 Å². The van der Waals surface area contributed by atoms with Gasteiger partial charge in [-0.3, -0.25) is 9.55 Å². The number of hydrogen-bond donors (Lipinski definition) is 1. The van der Waals surface area contributed by atoms with E-state index in [4.69, 9.17) is 11.6 Å². The SMILES string of the molecule is Cc1cncc(-n2c(=O)nc(Nc3cc4c(cc3Cl)nc(C(F)F)n4C)n(Cc3ccc(F)c(C#N)c3)c2=O)c1. The number of nitrogens with zero attached hydrogens (tertiary/aromatic N) is 7. The van der Waals surface area contributed by atoms with Crippen LogP contribution in [0.4, 0.5) is 24.8 Å². The quantitative estimate of drug-likeness (QED) is 0.323. The number of hydrogen-bond acceptors (Lipinski definition) is 7. The van der Waals surface area contributed by atoms with Crippen LogP contribution in [0, 0.1) is 24.1 Å². The number of aryl methyl sites for hydroxylation is 2. The number of alkyl halides is 2. The van der Waals surface area contributed by atoms with Crippen LogP contribution < -0.4 is 16.7 Å². The van der Waals surface area contributed by atoms with Gasteiger partial charge in [-0.25, -0.2) is 32.3 Å². The van der Waals surface area contributed by atoms with E-state index in [1.54, 1.807) is 25.3 Å². The molecule has 0 bridgehead atoms. The highest BCUT2D eigenvalue weighted by atomic mass is 35.5. The highest BCUT2D eigenvalue weighted by molar-refractivity contribution is 6.34. The van der Waals surface area contributed by atoms with E-state index in [-0.39, 0.29) is 40.0 Å². The summed E-state index contributed by atoms with van der Waals surface area (Å²) in [6.07, 6.45) is 0.0557. The summed E-state index contributed by atoms with van der Waals surface area (Å²) in [5.41, 5.74) is -0.0477. The van der Waals surface area contributed by atoms with Gasteiger partial charge in [-0.1, -0.05) is 17.7 Å². The van der Waals surface area contributed by atoms with Crippen molar-refractivity contribution in [3.05, 3.63) is 103 Å². The average molecular weight is 567 g/mol. The molecule has 0 atom stereocenters. The molecule has 3 heterocycles. The molecule has 0 aliphatic carbocycles. The monoisotopic (exact) mass is 566 g/mol. The zero-order chi connectivity index (χ0) is 28.7. The van der Waals surface area contributed by atoms with Gasteiger partial charge in [0.2, 0.25) is 5.95 Å². The van der Waals surface area contributed by atoms with E-state index >= 15 is 0 Å². The van der Waals surface area contributed by atoms with Crippen LogP contribution in [0.15, 0.2) is 58.4 Å². The van der Waals surface area contributed by atoms with Crippen molar-refractivity contribution in [2.75, 3.05) is 5.32 Å². The van der Waals surface area contributed by atoms with E-state index in [0.717, 1.165) is 15.2 Å². The summed E-state index contributed by atoms with van der Waals surface area (Å²) in [5.74, 6) is -1.42. The Balaban J connectivity index is 1.69. The molecule has 10 nitrogen and oxygen atoms in total. The average Bonchev–Trinajstić information content (AvgIpc) is 3.22. The van der Waals surface area contributed by atoms with Gasteiger partial charge in [0, 0.05) is 13.2 Å². The van der Waals surface area contributed by atoms with Crippen LogP contribution in [-0.4, -0.2) is 28.7 Å². The lowest BCUT2D eigenvalue weighted by Crippen LogP contribution is -2.41. The minimum atomic E-state index is -2.82. The van der Waals surface area contributed by atoms with Crippen molar-refractivity contribution in [3.63, 3.8) is 0 Å². The van der Waals surface area contributed by atoms with Gasteiger partial charge in [0.25, 0.3) is 6.43 Å². The molecule has 0 spiro atoms. The molecule has 14 heteroatoms. The van der Waals surface area contributed by atoms with Crippen LogP contribution in [0.3, 0.4) is 0 Å². The molecule has 0 aliphatic heterocycles. The van der Waals surface area contributed by atoms with E-state index in [1.165, 1.54) is 42.1 Å². The summed E-state index contributed by atoms with van der Waals surface area (Å²) in [6.45, 7) is 1.52. The Hall–Kier alpha value is -4.96. The van der Waals surface area contributed by atoms with Crippen LogP contribution in [0.5, 0.6) is 0 Å². The van der Waals surface area contributed by atoms with Crippen molar-refractivity contribution in [2.45, 2.75) is 19.9 Å². The summed E-state index contributed by atoms with van der Waals surface area (Å²) in [5, 5.41) is 12.2. The second kappa shape index (κ2) is 10.3. The molecule has 0 unspecified atom stereocenters. The van der Waals surface area contributed by atoms with Gasteiger partial charge >= 0.3 is 11.4 Å². The van der Waals surface area contributed by atoms with Crippen LogP contribution in [0.2, 0.25) is 5.02 Å². The lowest BCUT2D eigenvalue weighted by Gasteiger charge is -2.17. The lowest BCUT2D eigenvalue weighted by molar-refractivity contribution is 0.137. The van der Waals surface area contributed by atoms with E-state index in [0.29, 0.717) is 16.6 Å². The largest absolute Gasteiger partial charge is 0.359 e. The molecule has 5 rings (SSSR count). The first kappa shape index (κ1) is 26.6. The molecule has 202 valence electrons. The van der Waals surface area contributed by atoms with Crippen LogP contribution in [-0.2, 0) is 13.6 Å². The van der Waals surface area contributed by atoms with Gasteiger partial charge in [-0.2, -0.15) is 10.2 Å². The minimum Gasteiger partial charge on any atom is -0.326 e. The smallest absolute Gasteiger partial charge is 0.326 e. The predicted molar refractivity (Wildman–Crippen MR) is 141 cm³/mol. The van der Waals surface area contributed by atoms with Crippen molar-refractivity contribution in [1.82, 2.24) is 28.7 Å². The molecular weight excluding hydrogens is 549 g/mol. The fourth-order valence-electron chi connectivity index (χ4n) is 4.20. The zero-order valence-electron chi connectivity index (χ0n) is 20.9. The molecule has 0 aliphatic rings. The Morgan fingerprint density at radius 3 is 2.60 bits per heavy atom. The third kappa shape index (κ3) is 4.80. The van der Waals surface area contributed by atoms with E-state index < -0.39 is 29.4 Å². The molecular formula is C26H18ClF3N8O2. The molecule has 0 fully saturated rings. The Labute approximate surface area is 228 Å². The molecule has 0 saturated carbocycles. The van der Waals surface area contributed by atoms with Crippen molar-refractivity contribution >= 4 is 34.3 Å². The molecule has 1 N–H and O–H groups in total. The molecule has 0 radical (unpaired) electrons. The van der Waals surface area contributed by atoms with Crippen LogP contribution >= 0.6 is 11.6 Å². The number of nitriles is 1. The Kier molecular flexibility index (Phi) is 6.87. The zero-order valence-corrected chi connectivity index (χ0v) is 21.6. The number of pyridine rings is 1. The fourth-order valence-corrected chi connectivity index (χ4v) is 4.40. The lowest BCUT2D eigenvalue weighted by atomic mass is 10.1. The predicted octanol–water partition coefficient (Wildman–Crippen LogP) is 4.38. The standard InChI is InChI=1S/C26H18ClF3N8O2/c1-13-5-16(11-32-10-13)38-25(39)35-24(37(26(38)40)12-14-3-4-18(28)15(6-14)9-31)34-19-8-21-20(7-17(19)27)33-23(22(29)30)36(21)2/h3-8,10-11,22H,12H2,1-2H3,(H,34,35,39). The van der Waals surface area contributed by atoms with E-state index in [1.807, 2.05) is 0 Å². The highest BCUT2D eigenvalue weighted by Crippen LogP contribution is 2.32. The number of imidazole rings is 1. The number of halogens is 4. The fraction of sp³-hybridized carbons (Fsp3) is 0.154. The second-order valence-corrected chi connectivity index (χ2v) is 9.25. The van der Waals surface area contributed by atoms with Crippen molar-refractivity contribution in [3.8, 4) is 11.8 Å². The first-order valence-corrected chi connectivity index (χ1v) is 12.0. The Morgan fingerprint density at radius 1 is 1.12 bits per heavy atom. The maximum atomic E-state index is 14.0. The van der Waals surface area contributed by atoms with Crippen LogP contribution in [0.25, 0.3) is 16.7 Å². The number of aromatic nitrogens is 6. The summed E-state index contributed by atoms with van der Waals surface area (Å²) >= 11 is 6.40. The first-order chi connectivity index (χ1) is 19.1. The van der Waals surface area contributed by atoms with E-state index in [2.05, 4.69) is 20.3 Å². The second-order valence-electron chi connectivity index (χ2n) is 8.84. The highest BCUT2D eigenvalue weighted by Gasteiger charge is 2.20. The summed E-state index contributed by atoms with van der Waals surface area (Å²) in [4.78, 5) is 38.8. The van der Waals surface area contributed by atoms with Gasteiger partial charge in [0.05, 0.1) is 45.7 Å². The normalized spacial score (nSPS) is 11.2. The topological polar surface area (TPSA) is 123 Å². The number of fused-ring (bicyclic) bond motifs is 1. The Bertz CT molecular complexity index is 1960. The first-order valence-electron chi connectivity index (χ1n) is 11.6. The van der Waals surface area contributed by atoms with E-state index in [9.17, 15) is 28.0 Å². The molecule has 40 heavy (non-hydrogen) atoms. The molecule has 5 aromatic rings. The third-order valence-corrected chi connectivity index (χ3v) is 6.44.